The molecule has 9 nitrogen and oxygen atoms in total. The summed E-state index contributed by atoms with van der Waals surface area (Å²) < 4.78 is 44.6. The van der Waals surface area contributed by atoms with Gasteiger partial charge in [-0.05, 0) is 42.0 Å². The maximum absolute atomic E-state index is 13.3. The number of carbonyl (C=O) groups is 1. The highest BCUT2D eigenvalue weighted by molar-refractivity contribution is 9.10. The molecule has 0 fully saturated rings. The fourth-order valence-electron chi connectivity index (χ4n) is 3.36. The first-order valence-corrected chi connectivity index (χ1v) is 12.9. The predicted molar refractivity (Wildman–Crippen MR) is 140 cm³/mol. The Morgan fingerprint density at radius 2 is 1.61 bits per heavy atom. The molecular formula is C25H26BrN3O6S. The van der Waals surface area contributed by atoms with Crippen LogP contribution in [-0.2, 0) is 21.4 Å². The summed E-state index contributed by atoms with van der Waals surface area (Å²) in [6.07, 6.45) is 1.38. The van der Waals surface area contributed by atoms with Gasteiger partial charge in [0.05, 0.1) is 39.0 Å². The molecule has 3 rings (SSSR count). The second kappa shape index (κ2) is 12.5. The van der Waals surface area contributed by atoms with E-state index in [-0.39, 0.29) is 11.4 Å². The normalized spacial score (nSPS) is 11.5. The maximum atomic E-state index is 13.3. The predicted octanol–water partition coefficient (Wildman–Crippen LogP) is 3.82. The van der Waals surface area contributed by atoms with Crippen molar-refractivity contribution >= 4 is 38.1 Å². The van der Waals surface area contributed by atoms with E-state index in [0.29, 0.717) is 22.8 Å². The van der Waals surface area contributed by atoms with Crippen LogP contribution in [0.4, 0.5) is 0 Å². The number of methoxy groups -OCH3 is 3. The summed E-state index contributed by atoms with van der Waals surface area (Å²) in [4.78, 5) is 12.8. The number of halogens is 1. The highest BCUT2D eigenvalue weighted by atomic mass is 79.9. The number of hydrogen-bond donors (Lipinski definition) is 1. The fraction of sp³-hybridized carbons (Fsp3) is 0.200. The Morgan fingerprint density at radius 3 is 2.22 bits per heavy atom. The van der Waals surface area contributed by atoms with Crippen LogP contribution in [0.15, 0.2) is 81.2 Å². The van der Waals surface area contributed by atoms with Crippen molar-refractivity contribution in [3.8, 4) is 17.2 Å². The summed E-state index contributed by atoms with van der Waals surface area (Å²) in [5, 5.41) is 3.98. The molecule has 190 valence electrons. The van der Waals surface area contributed by atoms with Crippen molar-refractivity contribution in [2.75, 3.05) is 27.9 Å². The van der Waals surface area contributed by atoms with E-state index in [9.17, 15) is 13.2 Å². The number of ether oxygens (including phenoxy) is 3. The zero-order chi connectivity index (χ0) is 26.1. The molecule has 0 radical (unpaired) electrons. The van der Waals surface area contributed by atoms with Gasteiger partial charge in [0.15, 0.2) is 11.5 Å². The Hall–Kier alpha value is -3.41. The summed E-state index contributed by atoms with van der Waals surface area (Å²) in [5.74, 6) is 0.621. The molecular weight excluding hydrogens is 550 g/mol. The lowest BCUT2D eigenvalue weighted by Gasteiger charge is -2.21. The molecule has 3 aromatic carbocycles. The summed E-state index contributed by atoms with van der Waals surface area (Å²) >= 11 is 3.37. The van der Waals surface area contributed by atoms with Crippen LogP contribution in [0.1, 0.15) is 11.1 Å². The number of nitrogens with one attached hydrogen (secondary N) is 1. The number of amides is 1. The van der Waals surface area contributed by atoms with Gasteiger partial charge in [0, 0.05) is 16.6 Å². The molecule has 11 heteroatoms. The van der Waals surface area contributed by atoms with Crippen molar-refractivity contribution in [2.24, 2.45) is 5.10 Å². The Morgan fingerprint density at radius 1 is 0.944 bits per heavy atom. The van der Waals surface area contributed by atoms with Crippen molar-refractivity contribution in [1.82, 2.24) is 9.73 Å². The van der Waals surface area contributed by atoms with Gasteiger partial charge in [-0.15, -0.1) is 0 Å². The number of hydrogen-bond acceptors (Lipinski definition) is 7. The Bertz CT molecular complexity index is 1320. The fourth-order valence-corrected chi connectivity index (χ4v) is 5.03. The minimum absolute atomic E-state index is 0.00510. The first kappa shape index (κ1) is 27.2. The van der Waals surface area contributed by atoms with E-state index in [1.807, 2.05) is 12.1 Å². The van der Waals surface area contributed by atoms with Crippen LogP contribution in [-0.4, -0.2) is 52.7 Å². The van der Waals surface area contributed by atoms with Gasteiger partial charge in [0.1, 0.15) is 0 Å². The number of rotatable bonds is 11. The molecule has 1 amide bonds. The molecule has 0 aliphatic heterocycles. The largest absolute Gasteiger partial charge is 0.493 e. The van der Waals surface area contributed by atoms with Gasteiger partial charge in [0.2, 0.25) is 15.8 Å². The van der Waals surface area contributed by atoms with E-state index < -0.39 is 22.5 Å². The maximum Gasteiger partial charge on any atom is 0.255 e. The Balaban J connectivity index is 1.80. The van der Waals surface area contributed by atoms with Gasteiger partial charge in [-0.2, -0.15) is 9.41 Å². The lowest BCUT2D eigenvalue weighted by Crippen LogP contribution is -2.39. The second-order valence-electron chi connectivity index (χ2n) is 7.43. The van der Waals surface area contributed by atoms with Crippen LogP contribution in [0, 0.1) is 0 Å². The van der Waals surface area contributed by atoms with E-state index >= 15 is 0 Å². The molecule has 0 spiro atoms. The zero-order valence-corrected chi connectivity index (χ0v) is 22.4. The van der Waals surface area contributed by atoms with Gasteiger partial charge in [-0.3, -0.25) is 4.79 Å². The molecule has 3 aromatic rings. The lowest BCUT2D eigenvalue weighted by molar-refractivity contribution is -0.121. The molecule has 0 aliphatic carbocycles. The van der Waals surface area contributed by atoms with Crippen molar-refractivity contribution in [1.29, 1.82) is 0 Å². The van der Waals surface area contributed by atoms with E-state index in [4.69, 9.17) is 14.2 Å². The average molecular weight is 576 g/mol. The minimum Gasteiger partial charge on any atom is -0.493 e. The van der Waals surface area contributed by atoms with E-state index in [2.05, 4.69) is 26.5 Å². The summed E-state index contributed by atoms with van der Waals surface area (Å²) in [6, 6.07) is 18.5. The van der Waals surface area contributed by atoms with Gasteiger partial charge < -0.3 is 14.2 Å². The van der Waals surface area contributed by atoms with Crippen LogP contribution in [0.25, 0.3) is 0 Å². The summed E-state index contributed by atoms with van der Waals surface area (Å²) in [6.45, 7) is -0.432. The van der Waals surface area contributed by atoms with Crippen molar-refractivity contribution < 1.29 is 27.4 Å². The van der Waals surface area contributed by atoms with Crippen LogP contribution >= 0.6 is 15.9 Å². The Kier molecular flexibility index (Phi) is 9.45. The van der Waals surface area contributed by atoms with E-state index in [1.54, 1.807) is 42.5 Å². The molecule has 36 heavy (non-hydrogen) atoms. The molecule has 0 atom stereocenters. The number of carbonyl (C=O) groups excluding carboxylic acids is 1. The third-order valence-electron chi connectivity index (χ3n) is 5.10. The zero-order valence-electron chi connectivity index (χ0n) is 20.0. The molecule has 0 aromatic heterocycles. The molecule has 0 aliphatic rings. The van der Waals surface area contributed by atoms with Gasteiger partial charge >= 0.3 is 0 Å². The number of nitrogens with zero attached hydrogens (tertiary/aromatic N) is 2. The Labute approximate surface area is 218 Å². The third-order valence-corrected chi connectivity index (χ3v) is 7.44. The average Bonchev–Trinajstić information content (AvgIpc) is 2.89. The van der Waals surface area contributed by atoms with Crippen molar-refractivity contribution in [3.05, 3.63) is 82.3 Å². The molecule has 0 saturated carbocycles. The van der Waals surface area contributed by atoms with Gasteiger partial charge in [-0.25, -0.2) is 13.8 Å². The van der Waals surface area contributed by atoms with E-state index in [1.165, 1.54) is 39.7 Å². The van der Waals surface area contributed by atoms with E-state index in [0.717, 1.165) is 14.3 Å². The van der Waals surface area contributed by atoms with Gasteiger partial charge in [-0.1, -0.05) is 46.3 Å². The van der Waals surface area contributed by atoms with Crippen LogP contribution in [0.3, 0.4) is 0 Å². The third kappa shape index (κ3) is 6.62. The second-order valence-corrected chi connectivity index (χ2v) is 10.3. The number of sulfonamides is 1. The smallest absolute Gasteiger partial charge is 0.255 e. The first-order valence-electron chi connectivity index (χ1n) is 10.7. The molecule has 0 bridgehead atoms. The molecule has 0 saturated heterocycles. The molecule has 0 heterocycles. The number of benzene rings is 3. The molecule has 1 N–H and O–H groups in total. The first-order chi connectivity index (χ1) is 17.3. The topological polar surface area (TPSA) is 107 Å². The lowest BCUT2D eigenvalue weighted by atomic mass is 10.2. The minimum atomic E-state index is -3.95. The van der Waals surface area contributed by atoms with Crippen LogP contribution in [0.5, 0.6) is 17.2 Å². The SMILES string of the molecule is COc1ccc(/C=N\NC(=O)CN(Cc2ccc(Br)cc2)S(=O)(=O)c2ccccc2)c(OC)c1OC. The van der Waals surface area contributed by atoms with Crippen LogP contribution in [0.2, 0.25) is 0 Å². The monoisotopic (exact) mass is 575 g/mol. The molecule has 0 unspecified atom stereocenters. The number of hydrazone groups is 1. The standard InChI is InChI=1S/C25H26BrN3O6S/c1-33-22-14-11-19(24(34-2)25(22)35-3)15-27-28-23(30)17-29(16-18-9-12-20(26)13-10-18)36(31,32)21-7-5-4-6-8-21/h4-15H,16-17H2,1-3H3,(H,28,30)/b27-15-. The highest BCUT2D eigenvalue weighted by Gasteiger charge is 2.27. The summed E-state index contributed by atoms with van der Waals surface area (Å²) in [7, 11) is 0.514. The highest BCUT2D eigenvalue weighted by Crippen LogP contribution is 2.38. The van der Waals surface area contributed by atoms with Gasteiger partial charge in [0.25, 0.3) is 5.91 Å². The van der Waals surface area contributed by atoms with Crippen molar-refractivity contribution in [3.63, 3.8) is 0 Å². The van der Waals surface area contributed by atoms with Crippen LogP contribution < -0.4 is 19.6 Å². The quantitative estimate of drug-likeness (QED) is 0.275. The van der Waals surface area contributed by atoms with Crippen molar-refractivity contribution in [2.45, 2.75) is 11.4 Å². The summed E-state index contributed by atoms with van der Waals surface area (Å²) in [5.41, 5.74) is 3.64.